The van der Waals surface area contributed by atoms with Crippen molar-refractivity contribution in [3.05, 3.63) is 88.0 Å². The van der Waals surface area contributed by atoms with Gasteiger partial charge in [0.15, 0.2) is 0 Å². The standard InChI is InChI=1S/C26H21F3N6O5/c1-13-16-7-8-19(18(16)6-5-17(13)24(38)39)33-23(37)21-10-20(34-25-31-12-32-35(21)25)22(36)30-11-14-3-2-4-15(9-14)40-26(27,28)29/h2-6,9-10,12,19H,7-8,11H2,1H3,(H,30,36)(H,33,37)(H,38,39). The number of hydrogen-bond donors (Lipinski definition) is 3. The van der Waals surface area contributed by atoms with Crippen molar-refractivity contribution in [1.82, 2.24) is 30.2 Å². The number of carbonyl (C=O) groups is 3. The van der Waals surface area contributed by atoms with Gasteiger partial charge in [-0.25, -0.2) is 9.78 Å². The van der Waals surface area contributed by atoms with E-state index in [1.165, 1.54) is 35.1 Å². The minimum absolute atomic E-state index is 0.00728. The van der Waals surface area contributed by atoms with Gasteiger partial charge in [0.2, 0.25) is 0 Å². The predicted molar refractivity (Wildman–Crippen MR) is 132 cm³/mol. The Bertz CT molecular complexity index is 1650. The summed E-state index contributed by atoms with van der Waals surface area (Å²) >= 11 is 0. The maximum atomic E-state index is 13.3. The summed E-state index contributed by atoms with van der Waals surface area (Å²) in [4.78, 5) is 45.8. The SMILES string of the molecule is Cc1c(C(=O)O)ccc2c1CCC2NC(=O)c1cc(C(=O)NCc2cccc(OC(F)(F)F)c2)nc2ncnn12. The molecule has 1 aliphatic rings. The number of nitrogens with one attached hydrogen (secondary N) is 2. The molecule has 2 aromatic carbocycles. The predicted octanol–water partition coefficient (Wildman–Crippen LogP) is 3.38. The van der Waals surface area contributed by atoms with Crippen LogP contribution in [-0.4, -0.2) is 48.8 Å². The Morgan fingerprint density at radius 1 is 1.15 bits per heavy atom. The number of alkyl halides is 3. The van der Waals surface area contributed by atoms with Crippen LogP contribution in [0, 0.1) is 6.92 Å². The van der Waals surface area contributed by atoms with Crippen LogP contribution in [0.5, 0.6) is 5.75 Å². The topological polar surface area (TPSA) is 148 Å². The third-order valence-electron chi connectivity index (χ3n) is 6.53. The Morgan fingerprint density at radius 2 is 1.95 bits per heavy atom. The van der Waals surface area contributed by atoms with Gasteiger partial charge < -0.3 is 20.5 Å². The zero-order chi connectivity index (χ0) is 28.6. The molecule has 0 aliphatic heterocycles. The summed E-state index contributed by atoms with van der Waals surface area (Å²) in [6, 6.07) is 9.20. The zero-order valence-electron chi connectivity index (χ0n) is 20.8. The lowest BCUT2D eigenvalue weighted by Crippen LogP contribution is -2.30. The highest BCUT2D eigenvalue weighted by Gasteiger charge is 2.31. The van der Waals surface area contributed by atoms with Gasteiger partial charge in [0.05, 0.1) is 11.6 Å². The number of aromatic carboxylic acids is 1. The number of hydrogen-bond acceptors (Lipinski definition) is 7. The van der Waals surface area contributed by atoms with Gasteiger partial charge >= 0.3 is 12.3 Å². The van der Waals surface area contributed by atoms with Crippen LogP contribution in [0.4, 0.5) is 13.2 Å². The van der Waals surface area contributed by atoms with Crippen molar-refractivity contribution in [2.45, 2.75) is 38.7 Å². The smallest absolute Gasteiger partial charge is 0.478 e. The van der Waals surface area contributed by atoms with Gasteiger partial charge in [-0.2, -0.15) is 14.6 Å². The van der Waals surface area contributed by atoms with E-state index < -0.39 is 29.9 Å². The lowest BCUT2D eigenvalue weighted by atomic mass is 9.98. The number of carboxylic acids is 1. The van der Waals surface area contributed by atoms with Gasteiger partial charge in [0.1, 0.15) is 23.5 Å². The summed E-state index contributed by atoms with van der Waals surface area (Å²) in [5.41, 5.74) is 2.73. The van der Waals surface area contributed by atoms with Crippen LogP contribution in [-0.2, 0) is 13.0 Å². The van der Waals surface area contributed by atoms with Crippen LogP contribution in [0.3, 0.4) is 0 Å². The number of ether oxygens (including phenoxy) is 1. The second-order valence-corrected chi connectivity index (χ2v) is 9.05. The van der Waals surface area contributed by atoms with Crippen molar-refractivity contribution < 1.29 is 37.4 Å². The van der Waals surface area contributed by atoms with E-state index in [4.69, 9.17) is 0 Å². The first-order valence-corrected chi connectivity index (χ1v) is 12.0. The third kappa shape index (κ3) is 5.41. The fourth-order valence-corrected chi connectivity index (χ4v) is 4.71. The van der Waals surface area contributed by atoms with Crippen LogP contribution in [0.1, 0.15) is 66.1 Å². The number of nitrogens with zero attached hydrogens (tertiary/aromatic N) is 4. The lowest BCUT2D eigenvalue weighted by Gasteiger charge is -2.16. The molecule has 0 radical (unpaired) electrons. The van der Waals surface area contributed by atoms with Gasteiger partial charge in [-0.3, -0.25) is 9.59 Å². The van der Waals surface area contributed by atoms with E-state index in [9.17, 15) is 32.7 Å². The largest absolute Gasteiger partial charge is 0.573 e. The van der Waals surface area contributed by atoms with Crippen LogP contribution < -0.4 is 15.4 Å². The molecule has 14 heteroatoms. The molecule has 0 saturated carbocycles. The lowest BCUT2D eigenvalue weighted by molar-refractivity contribution is -0.274. The number of halogens is 3. The van der Waals surface area contributed by atoms with Crippen molar-refractivity contribution in [3.63, 3.8) is 0 Å². The second kappa shape index (κ2) is 10.3. The molecule has 4 aromatic rings. The molecule has 1 atom stereocenters. The molecule has 40 heavy (non-hydrogen) atoms. The molecule has 11 nitrogen and oxygen atoms in total. The number of benzene rings is 2. The summed E-state index contributed by atoms with van der Waals surface area (Å²) in [6.07, 6.45) is -2.53. The third-order valence-corrected chi connectivity index (χ3v) is 6.53. The average molecular weight is 554 g/mol. The van der Waals surface area contributed by atoms with Gasteiger partial charge in [0, 0.05) is 12.6 Å². The molecule has 2 amide bonds. The van der Waals surface area contributed by atoms with E-state index >= 15 is 0 Å². The molecular weight excluding hydrogens is 533 g/mol. The molecule has 0 spiro atoms. The molecule has 0 saturated heterocycles. The van der Waals surface area contributed by atoms with E-state index in [1.54, 1.807) is 13.0 Å². The van der Waals surface area contributed by atoms with Gasteiger partial charge in [-0.05, 0) is 60.2 Å². The molecule has 1 aliphatic carbocycles. The normalized spacial score (nSPS) is 14.6. The monoisotopic (exact) mass is 554 g/mol. The van der Waals surface area contributed by atoms with Crippen LogP contribution in [0.2, 0.25) is 0 Å². The highest BCUT2D eigenvalue weighted by Crippen LogP contribution is 2.35. The molecule has 0 bridgehead atoms. The molecule has 2 heterocycles. The maximum Gasteiger partial charge on any atom is 0.573 e. The summed E-state index contributed by atoms with van der Waals surface area (Å²) in [7, 11) is 0. The van der Waals surface area contributed by atoms with Crippen molar-refractivity contribution in [1.29, 1.82) is 0 Å². The minimum atomic E-state index is -4.85. The molecule has 5 rings (SSSR count). The first-order chi connectivity index (χ1) is 19.0. The Balaban J connectivity index is 1.34. The number of carboxylic acid groups (broad SMARTS) is 1. The number of aromatic nitrogens is 4. The highest BCUT2D eigenvalue weighted by atomic mass is 19.4. The summed E-state index contributed by atoms with van der Waals surface area (Å²) in [5.74, 6) is -2.70. The Kier molecular flexibility index (Phi) is 6.83. The van der Waals surface area contributed by atoms with E-state index in [0.29, 0.717) is 24.0 Å². The molecular formula is C26H21F3N6O5. The molecule has 206 valence electrons. The van der Waals surface area contributed by atoms with Crippen LogP contribution in [0.25, 0.3) is 5.78 Å². The summed E-state index contributed by atoms with van der Waals surface area (Å²) < 4.78 is 42.6. The van der Waals surface area contributed by atoms with E-state index in [-0.39, 0.29) is 35.3 Å². The van der Waals surface area contributed by atoms with E-state index in [2.05, 4.69) is 30.4 Å². The minimum Gasteiger partial charge on any atom is -0.478 e. The van der Waals surface area contributed by atoms with Crippen LogP contribution >= 0.6 is 0 Å². The van der Waals surface area contributed by atoms with Crippen LogP contribution in [0.15, 0.2) is 48.8 Å². The zero-order valence-corrected chi connectivity index (χ0v) is 20.8. The molecule has 3 N–H and O–H groups in total. The molecule has 2 aromatic heterocycles. The van der Waals surface area contributed by atoms with Gasteiger partial charge in [-0.15, -0.1) is 13.2 Å². The number of fused-ring (bicyclic) bond motifs is 2. The fraction of sp³-hybridized carbons (Fsp3) is 0.231. The molecule has 1 unspecified atom stereocenters. The Morgan fingerprint density at radius 3 is 2.70 bits per heavy atom. The van der Waals surface area contributed by atoms with E-state index in [1.807, 2.05) is 0 Å². The molecule has 0 fully saturated rings. The van der Waals surface area contributed by atoms with E-state index in [0.717, 1.165) is 23.3 Å². The average Bonchev–Trinajstić information content (AvgIpc) is 3.53. The highest BCUT2D eigenvalue weighted by molar-refractivity contribution is 5.98. The summed E-state index contributed by atoms with van der Waals surface area (Å²) in [5, 5.41) is 18.9. The summed E-state index contributed by atoms with van der Waals surface area (Å²) in [6.45, 7) is 1.60. The van der Waals surface area contributed by atoms with Crippen molar-refractivity contribution in [2.24, 2.45) is 0 Å². The van der Waals surface area contributed by atoms with Crippen molar-refractivity contribution in [3.8, 4) is 5.75 Å². The quantitative estimate of drug-likeness (QED) is 0.315. The van der Waals surface area contributed by atoms with Crippen molar-refractivity contribution in [2.75, 3.05) is 0 Å². The van der Waals surface area contributed by atoms with Crippen molar-refractivity contribution >= 4 is 23.6 Å². The number of amides is 2. The fourth-order valence-electron chi connectivity index (χ4n) is 4.71. The second-order valence-electron chi connectivity index (χ2n) is 9.05. The first-order valence-electron chi connectivity index (χ1n) is 12.0. The Hall–Kier alpha value is -5.01. The maximum absolute atomic E-state index is 13.3. The van der Waals surface area contributed by atoms with Gasteiger partial charge in [-0.1, -0.05) is 18.2 Å². The number of carbonyl (C=O) groups excluding carboxylic acids is 2. The van der Waals surface area contributed by atoms with Gasteiger partial charge in [0.25, 0.3) is 17.6 Å². The number of rotatable bonds is 7. The first kappa shape index (κ1) is 26.6. The Labute approximate surface area is 224 Å².